The zero-order chi connectivity index (χ0) is 20.0. The van der Waals surface area contributed by atoms with E-state index in [1.807, 2.05) is 0 Å². The highest BCUT2D eigenvalue weighted by atomic mass is 32.2. The summed E-state index contributed by atoms with van der Waals surface area (Å²) in [6.45, 7) is 0.785. The van der Waals surface area contributed by atoms with E-state index in [0.717, 1.165) is 28.6 Å². The third-order valence-corrected chi connectivity index (χ3v) is 5.41. The van der Waals surface area contributed by atoms with Gasteiger partial charge in [0.25, 0.3) is 5.91 Å². The van der Waals surface area contributed by atoms with Gasteiger partial charge in [-0.05, 0) is 43.3 Å². The van der Waals surface area contributed by atoms with Gasteiger partial charge in [-0.3, -0.25) is 9.59 Å². The molecule has 27 heavy (non-hydrogen) atoms. The molecule has 144 valence electrons. The molecular weight excluding hydrogens is 375 g/mol. The minimum atomic E-state index is -3.99. The molecule has 0 fully saturated rings. The van der Waals surface area contributed by atoms with Crippen molar-refractivity contribution in [2.24, 2.45) is 0 Å². The third kappa shape index (κ3) is 5.60. The van der Waals surface area contributed by atoms with Crippen molar-refractivity contribution in [3.05, 3.63) is 60.4 Å². The fraction of sp³-hybridized carbons (Fsp3) is 0.222. The van der Waals surface area contributed by atoms with Crippen molar-refractivity contribution in [3.8, 4) is 0 Å². The van der Waals surface area contributed by atoms with Crippen LogP contribution in [0.1, 0.15) is 6.92 Å². The molecule has 2 rings (SSSR count). The lowest BCUT2D eigenvalue weighted by Crippen LogP contribution is -2.37. The summed E-state index contributed by atoms with van der Waals surface area (Å²) in [6.07, 6.45) is -1.11. The van der Waals surface area contributed by atoms with Crippen LogP contribution < -0.4 is 5.32 Å². The molecule has 0 radical (unpaired) electrons. The Hall–Kier alpha value is -2.78. The number of anilines is 1. The number of nitrogens with zero attached hydrogens (tertiary/aromatic N) is 1. The molecule has 2 aromatic carbocycles. The first-order chi connectivity index (χ1) is 12.7. The van der Waals surface area contributed by atoms with Crippen LogP contribution in [0.3, 0.4) is 0 Å². The van der Waals surface area contributed by atoms with Crippen molar-refractivity contribution >= 4 is 27.6 Å². The fourth-order valence-electron chi connectivity index (χ4n) is 2.11. The van der Waals surface area contributed by atoms with E-state index in [1.54, 1.807) is 30.3 Å². The molecule has 0 heterocycles. The normalized spacial score (nSPS) is 12.4. The van der Waals surface area contributed by atoms with E-state index in [9.17, 15) is 22.4 Å². The lowest BCUT2D eigenvalue weighted by atomic mass is 10.3. The SMILES string of the molecule is C[C@H](OC(=O)CN(C)S(=O)(=O)c1ccc(F)cc1)C(=O)Nc1ccccc1. The fourth-order valence-corrected chi connectivity index (χ4v) is 3.22. The predicted octanol–water partition coefficient (Wildman–Crippen LogP) is 2.02. The molecule has 1 atom stereocenters. The number of nitrogens with one attached hydrogen (secondary N) is 1. The Labute approximate surface area is 156 Å². The summed E-state index contributed by atoms with van der Waals surface area (Å²) < 4.78 is 43.4. The number of benzene rings is 2. The first-order valence-electron chi connectivity index (χ1n) is 7.97. The van der Waals surface area contributed by atoms with Crippen LogP contribution in [0.4, 0.5) is 10.1 Å². The molecule has 0 saturated carbocycles. The van der Waals surface area contributed by atoms with Crippen LogP contribution >= 0.6 is 0 Å². The molecule has 9 heteroatoms. The molecule has 1 N–H and O–H groups in total. The van der Waals surface area contributed by atoms with Crippen LogP contribution in [0.5, 0.6) is 0 Å². The highest BCUT2D eigenvalue weighted by Crippen LogP contribution is 2.15. The molecule has 0 aliphatic rings. The van der Waals surface area contributed by atoms with Gasteiger partial charge < -0.3 is 10.1 Å². The molecule has 2 aromatic rings. The van der Waals surface area contributed by atoms with Gasteiger partial charge in [0.05, 0.1) is 4.90 Å². The molecule has 7 nitrogen and oxygen atoms in total. The predicted molar refractivity (Wildman–Crippen MR) is 96.8 cm³/mol. The van der Waals surface area contributed by atoms with E-state index >= 15 is 0 Å². The maximum atomic E-state index is 12.9. The van der Waals surface area contributed by atoms with Crippen LogP contribution in [0.15, 0.2) is 59.5 Å². The second-order valence-electron chi connectivity index (χ2n) is 5.70. The smallest absolute Gasteiger partial charge is 0.322 e. The van der Waals surface area contributed by atoms with Crippen LogP contribution in [0.25, 0.3) is 0 Å². The van der Waals surface area contributed by atoms with Crippen LogP contribution in [-0.2, 0) is 24.3 Å². The van der Waals surface area contributed by atoms with Crippen molar-refractivity contribution in [2.75, 3.05) is 18.9 Å². The molecule has 0 spiro atoms. The maximum absolute atomic E-state index is 12.9. The summed E-state index contributed by atoms with van der Waals surface area (Å²) in [5.74, 6) is -2.01. The summed E-state index contributed by atoms with van der Waals surface area (Å²) in [4.78, 5) is 23.9. The Morgan fingerprint density at radius 2 is 1.70 bits per heavy atom. The van der Waals surface area contributed by atoms with Crippen molar-refractivity contribution in [2.45, 2.75) is 17.9 Å². The highest BCUT2D eigenvalue weighted by Gasteiger charge is 2.25. The topological polar surface area (TPSA) is 92.8 Å². The van der Waals surface area contributed by atoms with Gasteiger partial charge in [0.1, 0.15) is 12.4 Å². The van der Waals surface area contributed by atoms with Gasteiger partial charge in [-0.2, -0.15) is 4.31 Å². The van der Waals surface area contributed by atoms with Gasteiger partial charge in [-0.25, -0.2) is 12.8 Å². The Morgan fingerprint density at radius 3 is 2.30 bits per heavy atom. The number of para-hydroxylation sites is 1. The first kappa shape index (κ1) is 20.5. The maximum Gasteiger partial charge on any atom is 0.322 e. The van der Waals surface area contributed by atoms with E-state index in [-0.39, 0.29) is 4.90 Å². The summed E-state index contributed by atoms with van der Waals surface area (Å²) >= 11 is 0. The number of ether oxygens (including phenoxy) is 1. The molecule has 0 aliphatic heterocycles. The number of amides is 1. The van der Waals surface area contributed by atoms with E-state index in [0.29, 0.717) is 5.69 Å². The van der Waals surface area contributed by atoms with E-state index < -0.39 is 40.4 Å². The van der Waals surface area contributed by atoms with Crippen molar-refractivity contribution in [3.63, 3.8) is 0 Å². The molecule has 1 amide bonds. The van der Waals surface area contributed by atoms with E-state index in [1.165, 1.54) is 14.0 Å². The van der Waals surface area contributed by atoms with Crippen molar-refractivity contribution in [1.82, 2.24) is 4.31 Å². The minimum Gasteiger partial charge on any atom is -0.452 e. The molecule has 0 aromatic heterocycles. The van der Waals surface area contributed by atoms with Gasteiger partial charge >= 0.3 is 5.97 Å². The van der Waals surface area contributed by atoms with Gasteiger partial charge in [-0.15, -0.1) is 0 Å². The summed E-state index contributed by atoms with van der Waals surface area (Å²) in [6, 6.07) is 12.8. The molecule has 0 unspecified atom stereocenters. The number of carbonyl (C=O) groups excluding carboxylic acids is 2. The monoisotopic (exact) mass is 394 g/mol. The Balaban J connectivity index is 1.93. The summed E-state index contributed by atoms with van der Waals surface area (Å²) in [5.41, 5.74) is 0.543. The average molecular weight is 394 g/mol. The number of halogens is 1. The van der Waals surface area contributed by atoms with Crippen LogP contribution in [-0.4, -0.2) is 44.3 Å². The molecule has 0 aliphatic carbocycles. The summed E-state index contributed by atoms with van der Waals surface area (Å²) in [5, 5.41) is 2.58. The Kier molecular flexibility index (Phi) is 6.65. The second kappa shape index (κ2) is 8.74. The van der Waals surface area contributed by atoms with Gasteiger partial charge in [0.15, 0.2) is 6.10 Å². The van der Waals surface area contributed by atoms with Crippen molar-refractivity contribution < 1.29 is 27.1 Å². The Bertz CT molecular complexity index is 901. The zero-order valence-corrected chi connectivity index (χ0v) is 15.6. The number of sulfonamides is 1. The number of rotatable bonds is 7. The zero-order valence-electron chi connectivity index (χ0n) is 14.8. The number of esters is 1. The number of carbonyl (C=O) groups is 2. The van der Waals surface area contributed by atoms with Crippen molar-refractivity contribution in [1.29, 1.82) is 0 Å². The molecular formula is C18H19FN2O5S. The second-order valence-corrected chi connectivity index (χ2v) is 7.75. The highest BCUT2D eigenvalue weighted by molar-refractivity contribution is 7.89. The molecule has 0 bridgehead atoms. The third-order valence-electron chi connectivity index (χ3n) is 3.59. The van der Waals surface area contributed by atoms with E-state index in [4.69, 9.17) is 4.74 Å². The van der Waals surface area contributed by atoms with Crippen LogP contribution in [0.2, 0.25) is 0 Å². The van der Waals surface area contributed by atoms with Gasteiger partial charge in [0.2, 0.25) is 10.0 Å². The minimum absolute atomic E-state index is 0.158. The number of hydrogen-bond acceptors (Lipinski definition) is 5. The largest absolute Gasteiger partial charge is 0.452 e. The number of hydrogen-bond donors (Lipinski definition) is 1. The average Bonchev–Trinajstić information content (AvgIpc) is 2.62. The number of likely N-dealkylation sites (N-methyl/N-ethyl adjacent to an activating group) is 1. The lowest BCUT2D eigenvalue weighted by molar-refractivity contribution is -0.153. The first-order valence-corrected chi connectivity index (χ1v) is 9.41. The molecule has 0 saturated heterocycles. The van der Waals surface area contributed by atoms with Gasteiger partial charge in [0, 0.05) is 12.7 Å². The Morgan fingerprint density at radius 1 is 1.11 bits per heavy atom. The quantitative estimate of drug-likeness (QED) is 0.726. The van der Waals surface area contributed by atoms with E-state index in [2.05, 4.69) is 5.32 Å². The van der Waals surface area contributed by atoms with Crippen LogP contribution in [0, 0.1) is 5.82 Å². The van der Waals surface area contributed by atoms with Gasteiger partial charge in [-0.1, -0.05) is 18.2 Å². The lowest BCUT2D eigenvalue weighted by Gasteiger charge is -2.18. The standard InChI is InChI=1S/C18H19FN2O5S/c1-13(18(23)20-15-6-4-3-5-7-15)26-17(22)12-21(2)27(24,25)16-10-8-14(19)9-11-16/h3-11,13H,12H2,1-2H3,(H,20,23)/t13-/m0/s1. The summed E-state index contributed by atoms with van der Waals surface area (Å²) in [7, 11) is -2.80.